The van der Waals surface area contributed by atoms with E-state index in [1.54, 1.807) is 12.1 Å². The van der Waals surface area contributed by atoms with Gasteiger partial charge in [0.15, 0.2) is 0 Å². The normalized spacial score (nSPS) is 13.1. The van der Waals surface area contributed by atoms with Crippen molar-refractivity contribution >= 4 is 11.6 Å². The second-order valence-electron chi connectivity index (χ2n) is 4.02. The smallest absolute Gasteiger partial charge is 0.123 e. The average molecular weight is 230 g/mol. The molecule has 0 spiro atoms. The van der Waals surface area contributed by atoms with E-state index in [9.17, 15) is 4.39 Å². The lowest BCUT2D eigenvalue weighted by Crippen LogP contribution is -2.26. The lowest BCUT2D eigenvalue weighted by atomic mass is 10.1. The molecule has 0 aliphatic rings. The Hall–Kier alpha value is -0.600. The van der Waals surface area contributed by atoms with E-state index in [1.807, 2.05) is 0 Å². The van der Waals surface area contributed by atoms with Gasteiger partial charge in [-0.1, -0.05) is 26.0 Å². The lowest BCUT2D eigenvalue weighted by Gasteiger charge is -2.13. The van der Waals surface area contributed by atoms with Crippen LogP contribution in [0.25, 0.3) is 0 Å². The van der Waals surface area contributed by atoms with E-state index in [2.05, 4.69) is 19.2 Å². The van der Waals surface area contributed by atoms with Crippen molar-refractivity contribution in [3.8, 4) is 0 Å². The molecule has 1 aromatic rings. The van der Waals surface area contributed by atoms with Crippen molar-refractivity contribution in [2.24, 2.45) is 5.92 Å². The SMILES string of the molecule is CC(C)C(Cl)CNCc1ccc(F)cc1. The molecule has 0 aliphatic heterocycles. The quantitative estimate of drug-likeness (QED) is 0.765. The minimum absolute atomic E-state index is 0.144. The van der Waals surface area contributed by atoms with E-state index in [0.29, 0.717) is 5.92 Å². The van der Waals surface area contributed by atoms with Gasteiger partial charge in [-0.25, -0.2) is 4.39 Å². The Morgan fingerprint density at radius 3 is 2.40 bits per heavy atom. The molecule has 1 nitrogen and oxygen atoms in total. The minimum atomic E-state index is -0.198. The van der Waals surface area contributed by atoms with Crippen molar-refractivity contribution < 1.29 is 4.39 Å². The van der Waals surface area contributed by atoms with Gasteiger partial charge in [0.25, 0.3) is 0 Å². The molecular weight excluding hydrogens is 213 g/mol. The monoisotopic (exact) mass is 229 g/mol. The average Bonchev–Trinajstić information content (AvgIpc) is 2.20. The van der Waals surface area contributed by atoms with E-state index >= 15 is 0 Å². The van der Waals surface area contributed by atoms with Crippen molar-refractivity contribution in [1.82, 2.24) is 5.32 Å². The zero-order chi connectivity index (χ0) is 11.3. The summed E-state index contributed by atoms with van der Waals surface area (Å²) in [6.07, 6.45) is 0. The maximum absolute atomic E-state index is 12.6. The first-order valence-corrected chi connectivity index (χ1v) is 5.62. The molecule has 0 amide bonds. The van der Waals surface area contributed by atoms with Gasteiger partial charge in [0.1, 0.15) is 5.82 Å². The third kappa shape index (κ3) is 4.63. The molecule has 0 aromatic heterocycles. The van der Waals surface area contributed by atoms with Crippen LogP contribution < -0.4 is 5.32 Å². The molecule has 84 valence electrons. The van der Waals surface area contributed by atoms with E-state index in [-0.39, 0.29) is 11.2 Å². The summed E-state index contributed by atoms with van der Waals surface area (Å²) in [5, 5.41) is 3.39. The number of hydrogen-bond donors (Lipinski definition) is 1. The van der Waals surface area contributed by atoms with Gasteiger partial charge in [0, 0.05) is 18.5 Å². The van der Waals surface area contributed by atoms with E-state index in [4.69, 9.17) is 11.6 Å². The molecule has 1 unspecified atom stereocenters. The van der Waals surface area contributed by atoms with Crippen LogP contribution in [0.1, 0.15) is 19.4 Å². The van der Waals surface area contributed by atoms with Crippen molar-refractivity contribution in [3.05, 3.63) is 35.6 Å². The Morgan fingerprint density at radius 2 is 1.87 bits per heavy atom. The summed E-state index contributed by atoms with van der Waals surface area (Å²) in [7, 11) is 0. The predicted octanol–water partition coefficient (Wildman–Crippen LogP) is 3.18. The summed E-state index contributed by atoms with van der Waals surface area (Å²) < 4.78 is 12.6. The highest BCUT2D eigenvalue weighted by Gasteiger charge is 2.08. The maximum Gasteiger partial charge on any atom is 0.123 e. The molecule has 0 aliphatic carbocycles. The Bertz CT molecular complexity index is 284. The summed E-state index contributed by atoms with van der Waals surface area (Å²) >= 11 is 6.08. The maximum atomic E-state index is 12.6. The van der Waals surface area contributed by atoms with Crippen LogP contribution in [-0.4, -0.2) is 11.9 Å². The number of benzene rings is 1. The number of halogens is 2. The molecule has 1 atom stereocenters. The van der Waals surface area contributed by atoms with Crippen LogP contribution in [0, 0.1) is 11.7 Å². The van der Waals surface area contributed by atoms with Gasteiger partial charge in [-0.15, -0.1) is 11.6 Å². The summed E-state index contributed by atoms with van der Waals surface area (Å²) in [5.41, 5.74) is 1.07. The van der Waals surface area contributed by atoms with Gasteiger partial charge in [-0.3, -0.25) is 0 Å². The Balaban J connectivity index is 2.29. The zero-order valence-corrected chi connectivity index (χ0v) is 9.89. The molecule has 0 saturated heterocycles. The standard InChI is InChI=1S/C12H17ClFN/c1-9(2)12(13)8-15-7-10-3-5-11(14)6-4-10/h3-6,9,12,15H,7-8H2,1-2H3. The number of alkyl halides is 1. The van der Waals surface area contributed by atoms with E-state index in [0.717, 1.165) is 18.7 Å². The molecule has 1 aromatic carbocycles. The largest absolute Gasteiger partial charge is 0.311 e. The Morgan fingerprint density at radius 1 is 1.27 bits per heavy atom. The van der Waals surface area contributed by atoms with Crippen molar-refractivity contribution in [2.45, 2.75) is 25.8 Å². The summed E-state index contributed by atoms with van der Waals surface area (Å²) in [4.78, 5) is 0. The first kappa shape index (κ1) is 12.5. The van der Waals surface area contributed by atoms with Gasteiger partial charge < -0.3 is 5.32 Å². The second kappa shape index (κ2) is 6.09. The zero-order valence-electron chi connectivity index (χ0n) is 9.13. The van der Waals surface area contributed by atoms with Gasteiger partial charge >= 0.3 is 0 Å². The van der Waals surface area contributed by atoms with Gasteiger partial charge in [0.2, 0.25) is 0 Å². The highest BCUT2D eigenvalue weighted by atomic mass is 35.5. The van der Waals surface area contributed by atoms with Crippen LogP contribution in [0.5, 0.6) is 0 Å². The first-order chi connectivity index (χ1) is 7.09. The highest BCUT2D eigenvalue weighted by Crippen LogP contribution is 2.08. The molecule has 15 heavy (non-hydrogen) atoms. The van der Waals surface area contributed by atoms with Crippen LogP contribution >= 0.6 is 11.6 Å². The highest BCUT2D eigenvalue weighted by molar-refractivity contribution is 6.20. The number of hydrogen-bond acceptors (Lipinski definition) is 1. The molecule has 0 bridgehead atoms. The number of nitrogens with one attached hydrogen (secondary N) is 1. The summed E-state index contributed by atoms with van der Waals surface area (Å²) in [6.45, 7) is 5.70. The molecule has 0 radical (unpaired) electrons. The minimum Gasteiger partial charge on any atom is -0.311 e. The third-order valence-corrected chi connectivity index (χ3v) is 2.96. The molecule has 1 N–H and O–H groups in total. The van der Waals surface area contributed by atoms with Crippen molar-refractivity contribution in [2.75, 3.05) is 6.54 Å². The molecular formula is C12H17ClFN. The molecule has 3 heteroatoms. The Kier molecular flexibility index (Phi) is 5.06. The van der Waals surface area contributed by atoms with Gasteiger partial charge in [-0.05, 0) is 23.6 Å². The second-order valence-corrected chi connectivity index (χ2v) is 4.58. The first-order valence-electron chi connectivity index (χ1n) is 5.19. The fraction of sp³-hybridized carbons (Fsp3) is 0.500. The van der Waals surface area contributed by atoms with E-state index in [1.165, 1.54) is 12.1 Å². The number of rotatable bonds is 5. The topological polar surface area (TPSA) is 12.0 Å². The molecule has 0 saturated carbocycles. The van der Waals surface area contributed by atoms with Crippen molar-refractivity contribution in [1.29, 1.82) is 0 Å². The van der Waals surface area contributed by atoms with Gasteiger partial charge in [-0.2, -0.15) is 0 Å². The molecule has 0 heterocycles. The predicted molar refractivity (Wildman–Crippen MR) is 62.6 cm³/mol. The lowest BCUT2D eigenvalue weighted by molar-refractivity contribution is 0.545. The van der Waals surface area contributed by atoms with Crippen LogP contribution in [0.15, 0.2) is 24.3 Å². The fourth-order valence-corrected chi connectivity index (χ4v) is 1.30. The third-order valence-electron chi connectivity index (χ3n) is 2.31. The summed E-state index contributed by atoms with van der Waals surface area (Å²) in [6, 6.07) is 6.50. The van der Waals surface area contributed by atoms with Gasteiger partial charge in [0.05, 0.1) is 0 Å². The Labute approximate surface area is 95.6 Å². The molecule has 0 fully saturated rings. The van der Waals surface area contributed by atoms with Crippen LogP contribution in [0.3, 0.4) is 0 Å². The summed E-state index contributed by atoms with van der Waals surface area (Å²) in [5.74, 6) is 0.267. The van der Waals surface area contributed by atoms with Crippen molar-refractivity contribution in [3.63, 3.8) is 0 Å². The van der Waals surface area contributed by atoms with E-state index < -0.39 is 0 Å². The van der Waals surface area contributed by atoms with Crippen LogP contribution in [-0.2, 0) is 6.54 Å². The fourth-order valence-electron chi connectivity index (χ4n) is 1.19. The van der Waals surface area contributed by atoms with Crippen LogP contribution in [0.4, 0.5) is 4.39 Å². The van der Waals surface area contributed by atoms with Crippen LogP contribution in [0.2, 0.25) is 0 Å². The molecule has 1 rings (SSSR count).